The zero-order chi connectivity index (χ0) is 22.9. The third-order valence-corrected chi connectivity index (χ3v) is 5.73. The summed E-state index contributed by atoms with van der Waals surface area (Å²) < 4.78 is 20.1. The molecule has 0 spiro atoms. The van der Waals surface area contributed by atoms with Gasteiger partial charge in [-0.3, -0.25) is 0 Å². The summed E-state index contributed by atoms with van der Waals surface area (Å²) in [7, 11) is 6.72. The van der Waals surface area contributed by atoms with Gasteiger partial charge < -0.3 is 33.6 Å². The number of imidazole rings is 2. The zero-order valence-electron chi connectivity index (χ0n) is 19.1. The summed E-state index contributed by atoms with van der Waals surface area (Å²) in [5.41, 5.74) is 2.40. The van der Waals surface area contributed by atoms with Crippen LogP contribution in [0.15, 0.2) is 31.0 Å². The number of hydrogen-bond donors (Lipinski definition) is 1. The van der Waals surface area contributed by atoms with Crippen LogP contribution in [-0.4, -0.2) is 63.5 Å². The fourth-order valence-electron chi connectivity index (χ4n) is 4.10. The molecule has 0 bridgehead atoms. The van der Waals surface area contributed by atoms with Gasteiger partial charge in [-0.25, -0.2) is 9.97 Å². The molecule has 1 saturated heterocycles. The SMILES string of the molecule is COc1cc(-n2cnc(Nc3nc(N4CCCC4)c4c(ncn4C)n3)c2)cc(OC)c1OC. The molecule has 4 aromatic rings. The maximum atomic E-state index is 5.46. The lowest BCUT2D eigenvalue weighted by Gasteiger charge is -2.18. The van der Waals surface area contributed by atoms with E-state index in [0.717, 1.165) is 43.0 Å². The maximum Gasteiger partial charge on any atom is 0.232 e. The van der Waals surface area contributed by atoms with Crippen LogP contribution in [0.1, 0.15) is 12.8 Å². The number of anilines is 3. The Morgan fingerprint density at radius 2 is 1.64 bits per heavy atom. The first-order valence-electron chi connectivity index (χ1n) is 10.7. The lowest BCUT2D eigenvalue weighted by Crippen LogP contribution is -2.20. The Kier molecular flexibility index (Phi) is 5.37. The van der Waals surface area contributed by atoms with Gasteiger partial charge in [0.05, 0.1) is 39.5 Å². The largest absolute Gasteiger partial charge is 0.493 e. The van der Waals surface area contributed by atoms with Crippen LogP contribution >= 0.6 is 0 Å². The number of nitrogens with one attached hydrogen (secondary N) is 1. The van der Waals surface area contributed by atoms with E-state index in [9.17, 15) is 0 Å². The number of rotatable bonds is 7. The Morgan fingerprint density at radius 3 is 2.30 bits per heavy atom. The number of hydrogen-bond acceptors (Lipinski definition) is 9. The van der Waals surface area contributed by atoms with Gasteiger partial charge in [0.2, 0.25) is 11.7 Å². The van der Waals surface area contributed by atoms with E-state index in [1.807, 2.05) is 34.5 Å². The second-order valence-corrected chi connectivity index (χ2v) is 7.77. The monoisotopic (exact) mass is 450 g/mol. The predicted octanol–water partition coefficient (Wildman–Crippen LogP) is 2.92. The molecule has 11 nitrogen and oxygen atoms in total. The van der Waals surface area contributed by atoms with Crippen LogP contribution in [0, 0.1) is 0 Å². The third-order valence-electron chi connectivity index (χ3n) is 5.73. The minimum Gasteiger partial charge on any atom is -0.493 e. The van der Waals surface area contributed by atoms with E-state index in [4.69, 9.17) is 19.2 Å². The van der Waals surface area contributed by atoms with E-state index in [1.54, 1.807) is 34.0 Å². The Hall–Kier alpha value is -4.02. The van der Waals surface area contributed by atoms with Crippen molar-refractivity contribution in [1.29, 1.82) is 0 Å². The van der Waals surface area contributed by atoms with E-state index < -0.39 is 0 Å². The normalized spacial score (nSPS) is 13.5. The van der Waals surface area contributed by atoms with Gasteiger partial charge in [-0.1, -0.05) is 0 Å². The van der Waals surface area contributed by atoms with E-state index in [0.29, 0.717) is 34.7 Å². The fraction of sp³-hybridized carbons (Fsp3) is 0.364. The lowest BCUT2D eigenvalue weighted by atomic mass is 10.2. The van der Waals surface area contributed by atoms with Crippen LogP contribution in [0.3, 0.4) is 0 Å². The smallest absolute Gasteiger partial charge is 0.232 e. The molecule has 0 saturated carbocycles. The molecule has 33 heavy (non-hydrogen) atoms. The van der Waals surface area contributed by atoms with Gasteiger partial charge in [0, 0.05) is 32.3 Å². The van der Waals surface area contributed by atoms with E-state index in [1.165, 1.54) is 0 Å². The van der Waals surface area contributed by atoms with Crippen LogP contribution in [0.25, 0.3) is 16.9 Å². The van der Waals surface area contributed by atoms with Gasteiger partial charge in [-0.2, -0.15) is 9.97 Å². The van der Waals surface area contributed by atoms with Crippen molar-refractivity contribution in [3.63, 3.8) is 0 Å². The minimum absolute atomic E-state index is 0.457. The molecule has 4 heterocycles. The Bertz CT molecular complexity index is 1270. The standard InChI is InChI=1S/C22H26N8O3/c1-28-12-24-20-18(28)21(29-7-5-6-8-29)27-22(26-20)25-17-11-30(13-23-17)14-9-15(31-2)19(33-4)16(10-14)32-3/h9-13H,5-8H2,1-4H3,(H,25,26,27). The van der Waals surface area contributed by atoms with E-state index >= 15 is 0 Å². The van der Waals surface area contributed by atoms with Crippen molar-refractivity contribution in [3.8, 4) is 22.9 Å². The van der Waals surface area contributed by atoms with Crippen LogP contribution < -0.4 is 24.4 Å². The summed E-state index contributed by atoms with van der Waals surface area (Å²) in [6, 6.07) is 3.71. The average molecular weight is 451 g/mol. The van der Waals surface area contributed by atoms with Crippen molar-refractivity contribution in [2.75, 3.05) is 44.6 Å². The van der Waals surface area contributed by atoms with E-state index in [2.05, 4.69) is 25.2 Å². The zero-order valence-corrected chi connectivity index (χ0v) is 19.1. The molecule has 0 atom stereocenters. The second-order valence-electron chi connectivity index (χ2n) is 7.77. The molecule has 11 heteroatoms. The first-order chi connectivity index (χ1) is 16.1. The molecule has 0 aliphatic carbocycles. The topological polar surface area (TPSA) is 104 Å². The number of benzene rings is 1. The van der Waals surface area contributed by atoms with Gasteiger partial charge in [0.15, 0.2) is 28.8 Å². The molecule has 1 aromatic carbocycles. The number of methoxy groups -OCH3 is 3. The fourth-order valence-corrected chi connectivity index (χ4v) is 4.10. The summed E-state index contributed by atoms with van der Waals surface area (Å²) in [6.07, 6.45) is 7.63. The highest BCUT2D eigenvalue weighted by Gasteiger charge is 2.21. The lowest BCUT2D eigenvalue weighted by molar-refractivity contribution is 0.324. The number of nitrogens with zero attached hydrogens (tertiary/aromatic N) is 7. The third kappa shape index (κ3) is 3.75. The highest BCUT2D eigenvalue weighted by Crippen LogP contribution is 2.39. The highest BCUT2D eigenvalue weighted by atomic mass is 16.5. The Balaban J connectivity index is 1.47. The highest BCUT2D eigenvalue weighted by molar-refractivity contribution is 5.85. The van der Waals surface area contributed by atoms with Crippen LogP contribution in [0.4, 0.5) is 17.6 Å². The van der Waals surface area contributed by atoms with Gasteiger partial charge >= 0.3 is 0 Å². The summed E-state index contributed by atoms with van der Waals surface area (Å²) >= 11 is 0. The van der Waals surface area contributed by atoms with Crippen molar-refractivity contribution in [2.24, 2.45) is 7.05 Å². The molecule has 172 valence electrons. The molecule has 1 aliphatic rings. The molecule has 5 rings (SSSR count). The molecular weight excluding hydrogens is 424 g/mol. The second kappa shape index (κ2) is 8.49. The maximum absolute atomic E-state index is 5.46. The molecule has 0 unspecified atom stereocenters. The van der Waals surface area contributed by atoms with Gasteiger partial charge in [0.25, 0.3) is 0 Å². The number of aromatic nitrogens is 6. The van der Waals surface area contributed by atoms with Crippen molar-refractivity contribution in [1.82, 2.24) is 29.1 Å². The van der Waals surface area contributed by atoms with Crippen molar-refractivity contribution >= 4 is 28.7 Å². The van der Waals surface area contributed by atoms with Crippen LogP contribution in [0.5, 0.6) is 17.2 Å². The number of fused-ring (bicyclic) bond motifs is 1. The van der Waals surface area contributed by atoms with Crippen molar-refractivity contribution in [3.05, 3.63) is 31.0 Å². The average Bonchev–Trinajstić information content (AvgIpc) is 3.60. The van der Waals surface area contributed by atoms with Crippen LogP contribution in [0.2, 0.25) is 0 Å². The van der Waals surface area contributed by atoms with Gasteiger partial charge in [-0.05, 0) is 12.8 Å². The molecule has 3 aromatic heterocycles. The van der Waals surface area contributed by atoms with Crippen LogP contribution in [-0.2, 0) is 7.05 Å². The Labute approximate surface area is 191 Å². The first-order valence-corrected chi connectivity index (χ1v) is 10.7. The molecule has 0 radical (unpaired) electrons. The molecule has 1 N–H and O–H groups in total. The summed E-state index contributed by atoms with van der Waals surface area (Å²) in [6.45, 7) is 1.96. The Morgan fingerprint density at radius 1 is 0.909 bits per heavy atom. The molecule has 1 fully saturated rings. The minimum atomic E-state index is 0.457. The van der Waals surface area contributed by atoms with Crippen molar-refractivity contribution < 1.29 is 14.2 Å². The predicted molar refractivity (Wildman–Crippen MR) is 124 cm³/mol. The van der Waals surface area contributed by atoms with Crippen molar-refractivity contribution in [2.45, 2.75) is 12.8 Å². The summed E-state index contributed by atoms with van der Waals surface area (Å²) in [4.78, 5) is 20.6. The first kappa shape index (κ1) is 20.9. The number of aryl methyl sites for hydroxylation is 1. The molecule has 1 aliphatic heterocycles. The molecular formula is C22H26N8O3. The summed E-state index contributed by atoms with van der Waals surface area (Å²) in [5, 5.41) is 3.22. The molecule has 0 amide bonds. The quantitative estimate of drug-likeness (QED) is 0.455. The van der Waals surface area contributed by atoms with Gasteiger partial charge in [-0.15, -0.1) is 0 Å². The van der Waals surface area contributed by atoms with E-state index in [-0.39, 0.29) is 0 Å². The summed E-state index contributed by atoms with van der Waals surface area (Å²) in [5.74, 6) is 3.62. The number of ether oxygens (including phenoxy) is 3. The van der Waals surface area contributed by atoms with Gasteiger partial charge in [0.1, 0.15) is 11.8 Å².